The van der Waals surface area contributed by atoms with Gasteiger partial charge in [-0.05, 0) is 51.3 Å². The van der Waals surface area contributed by atoms with Crippen LogP contribution in [0.2, 0.25) is 0 Å². The summed E-state index contributed by atoms with van der Waals surface area (Å²) in [6.45, 7) is 11.3. The molecule has 0 aromatic heterocycles. The Morgan fingerprint density at radius 1 is 1.16 bits per heavy atom. The van der Waals surface area contributed by atoms with E-state index in [0.29, 0.717) is 5.92 Å². The van der Waals surface area contributed by atoms with E-state index in [0.717, 1.165) is 5.56 Å². The van der Waals surface area contributed by atoms with Gasteiger partial charge in [-0.3, -0.25) is 0 Å². The van der Waals surface area contributed by atoms with Crippen molar-refractivity contribution in [1.82, 2.24) is 9.62 Å². The molecule has 0 radical (unpaired) electrons. The monoisotopic (exact) mass is 370 g/mol. The van der Waals surface area contributed by atoms with Crippen LogP contribution < -0.4 is 5.32 Å². The summed E-state index contributed by atoms with van der Waals surface area (Å²) in [5, 5.41) is 2.65. The fraction of sp³-hybridized carbons (Fsp3) is 0.611. The van der Waals surface area contributed by atoms with Crippen molar-refractivity contribution in [3.63, 3.8) is 0 Å². The average molecular weight is 371 g/mol. The maximum atomic E-state index is 12.6. The van der Waals surface area contributed by atoms with Crippen molar-refractivity contribution in [3.8, 4) is 0 Å². The van der Waals surface area contributed by atoms with Gasteiger partial charge in [0.15, 0.2) is 0 Å². The van der Waals surface area contributed by atoms with Crippen LogP contribution in [0.25, 0.3) is 0 Å². The maximum absolute atomic E-state index is 12.6. The molecule has 0 fully saturated rings. The number of rotatable bonds is 6. The van der Waals surface area contributed by atoms with E-state index >= 15 is 0 Å². The summed E-state index contributed by atoms with van der Waals surface area (Å²) in [5.74, 6) is 0.340. The number of carbonyl (C=O) groups is 1. The number of hydrogen-bond donors (Lipinski definition) is 1. The minimum atomic E-state index is -3.61. The maximum Gasteiger partial charge on any atom is 0.407 e. The molecule has 1 aromatic rings. The van der Waals surface area contributed by atoms with E-state index < -0.39 is 21.7 Å². The highest BCUT2D eigenvalue weighted by atomic mass is 32.2. The lowest BCUT2D eigenvalue weighted by molar-refractivity contribution is 0.0504. The Hall–Kier alpha value is -1.60. The molecule has 7 heteroatoms. The van der Waals surface area contributed by atoms with Crippen molar-refractivity contribution < 1.29 is 17.9 Å². The van der Waals surface area contributed by atoms with Crippen molar-refractivity contribution in [2.24, 2.45) is 0 Å². The molecule has 0 aliphatic heterocycles. The summed E-state index contributed by atoms with van der Waals surface area (Å²) in [4.78, 5) is 12.0. The van der Waals surface area contributed by atoms with Crippen LogP contribution in [0, 0.1) is 0 Å². The molecule has 1 aromatic carbocycles. The molecular formula is C18H30N2O4S. The van der Waals surface area contributed by atoms with Crippen molar-refractivity contribution in [2.45, 2.75) is 64.0 Å². The molecule has 0 heterocycles. The minimum absolute atomic E-state index is 0.146. The molecule has 0 aliphatic carbocycles. The first kappa shape index (κ1) is 21.4. The second-order valence-corrected chi connectivity index (χ2v) is 9.60. The summed E-state index contributed by atoms with van der Waals surface area (Å²) in [5.41, 5.74) is 0.488. The highest BCUT2D eigenvalue weighted by Gasteiger charge is 2.24. The van der Waals surface area contributed by atoms with E-state index in [-0.39, 0.29) is 17.5 Å². The van der Waals surface area contributed by atoms with Crippen molar-refractivity contribution in [2.75, 3.05) is 13.6 Å². The van der Waals surface area contributed by atoms with E-state index in [1.807, 2.05) is 12.1 Å². The van der Waals surface area contributed by atoms with E-state index in [1.54, 1.807) is 39.8 Å². The van der Waals surface area contributed by atoms with Gasteiger partial charge in [0.05, 0.1) is 4.90 Å². The van der Waals surface area contributed by atoms with Crippen LogP contribution >= 0.6 is 0 Å². The lowest BCUT2D eigenvalue weighted by Gasteiger charge is -2.24. The fourth-order valence-corrected chi connectivity index (χ4v) is 3.50. The van der Waals surface area contributed by atoms with Gasteiger partial charge < -0.3 is 10.1 Å². The Labute approximate surface area is 151 Å². The molecule has 1 atom stereocenters. The smallest absolute Gasteiger partial charge is 0.407 e. The zero-order chi connectivity index (χ0) is 19.4. The van der Waals surface area contributed by atoms with Crippen LogP contribution in [0.15, 0.2) is 29.2 Å². The zero-order valence-electron chi connectivity index (χ0n) is 16.2. The Balaban J connectivity index is 2.74. The number of carbonyl (C=O) groups excluding carboxylic acids is 1. The molecule has 1 rings (SSSR count). The van der Waals surface area contributed by atoms with Crippen LogP contribution in [-0.2, 0) is 14.8 Å². The number of alkyl carbamates (subject to hydrolysis) is 1. The lowest BCUT2D eigenvalue weighted by atomic mass is 10.0. The minimum Gasteiger partial charge on any atom is -0.444 e. The number of ether oxygens (including phenoxy) is 1. The van der Waals surface area contributed by atoms with Gasteiger partial charge in [0.2, 0.25) is 10.0 Å². The van der Waals surface area contributed by atoms with Gasteiger partial charge in [0, 0.05) is 19.6 Å². The van der Waals surface area contributed by atoms with Gasteiger partial charge in [-0.2, -0.15) is 4.31 Å². The first-order chi connectivity index (χ1) is 11.3. The number of amides is 1. The highest BCUT2D eigenvalue weighted by molar-refractivity contribution is 7.89. The topological polar surface area (TPSA) is 75.7 Å². The third-order valence-corrected chi connectivity index (χ3v) is 5.39. The summed E-state index contributed by atoms with van der Waals surface area (Å²) in [6.07, 6.45) is -0.563. The van der Waals surface area contributed by atoms with Crippen molar-refractivity contribution >= 4 is 16.1 Å². The molecule has 0 saturated carbocycles. The van der Waals surface area contributed by atoms with Gasteiger partial charge in [0.25, 0.3) is 0 Å². The normalized spacial score (nSPS) is 13.8. The predicted molar refractivity (Wildman–Crippen MR) is 99.2 cm³/mol. The summed E-state index contributed by atoms with van der Waals surface area (Å²) in [6, 6.07) is 6.51. The molecular weight excluding hydrogens is 340 g/mol. The molecule has 0 bridgehead atoms. The number of nitrogens with one attached hydrogen (secondary N) is 1. The number of hydrogen-bond acceptors (Lipinski definition) is 4. The quantitative estimate of drug-likeness (QED) is 0.833. The summed E-state index contributed by atoms with van der Waals surface area (Å²) >= 11 is 0. The fourth-order valence-electron chi connectivity index (χ4n) is 2.24. The third-order valence-electron chi connectivity index (χ3n) is 3.55. The van der Waals surface area contributed by atoms with Crippen LogP contribution in [0.5, 0.6) is 0 Å². The average Bonchev–Trinajstić information content (AvgIpc) is 2.44. The van der Waals surface area contributed by atoms with Crippen LogP contribution in [0.3, 0.4) is 0 Å². The Bertz CT molecular complexity index is 676. The Morgan fingerprint density at radius 2 is 1.68 bits per heavy atom. The van der Waals surface area contributed by atoms with Gasteiger partial charge in [-0.1, -0.05) is 26.0 Å². The Kier molecular flexibility index (Phi) is 7.02. The number of likely N-dealkylation sites (N-methyl/N-ethyl adjacent to an activating group) is 1. The zero-order valence-corrected chi connectivity index (χ0v) is 17.0. The molecule has 142 valence electrons. The molecule has 1 amide bonds. The van der Waals surface area contributed by atoms with Gasteiger partial charge in [0.1, 0.15) is 5.60 Å². The molecule has 6 nitrogen and oxygen atoms in total. The first-order valence-electron chi connectivity index (χ1n) is 8.38. The van der Waals surface area contributed by atoms with Crippen LogP contribution in [0.4, 0.5) is 4.79 Å². The Morgan fingerprint density at radius 3 is 2.12 bits per heavy atom. The summed E-state index contributed by atoms with van der Waals surface area (Å²) < 4.78 is 31.7. The molecule has 25 heavy (non-hydrogen) atoms. The number of sulfonamides is 1. The molecule has 0 unspecified atom stereocenters. The van der Waals surface area contributed by atoms with Gasteiger partial charge >= 0.3 is 6.09 Å². The standard InChI is InChI=1S/C18H30N2O4S/c1-13(2)15-8-10-16(11-9-15)25(22,23)20(7)12-14(3)19-17(21)24-18(4,5)6/h8-11,13-14H,12H2,1-7H3,(H,19,21)/t14-/m0/s1. The van der Waals surface area contributed by atoms with Gasteiger partial charge in [-0.25, -0.2) is 13.2 Å². The van der Waals surface area contributed by atoms with E-state index in [2.05, 4.69) is 19.2 Å². The molecule has 0 aliphatic rings. The van der Waals surface area contributed by atoms with Crippen LogP contribution in [0.1, 0.15) is 53.0 Å². The highest BCUT2D eigenvalue weighted by Crippen LogP contribution is 2.19. The summed E-state index contributed by atoms with van der Waals surface area (Å²) in [7, 11) is -2.11. The third kappa shape index (κ3) is 6.66. The van der Waals surface area contributed by atoms with Gasteiger partial charge in [-0.15, -0.1) is 0 Å². The van der Waals surface area contributed by atoms with E-state index in [1.165, 1.54) is 11.4 Å². The second kappa shape index (κ2) is 8.19. The SMILES string of the molecule is CC(C)c1ccc(S(=O)(=O)N(C)C[C@H](C)NC(=O)OC(C)(C)C)cc1. The van der Waals surface area contributed by atoms with E-state index in [9.17, 15) is 13.2 Å². The molecule has 0 spiro atoms. The van der Waals surface area contributed by atoms with Crippen molar-refractivity contribution in [3.05, 3.63) is 29.8 Å². The molecule has 0 saturated heterocycles. The van der Waals surface area contributed by atoms with E-state index in [4.69, 9.17) is 4.74 Å². The van der Waals surface area contributed by atoms with Crippen molar-refractivity contribution in [1.29, 1.82) is 0 Å². The first-order valence-corrected chi connectivity index (χ1v) is 9.82. The predicted octanol–water partition coefficient (Wildman–Crippen LogP) is 3.34. The number of nitrogens with zero attached hydrogens (tertiary/aromatic N) is 1. The molecule has 1 N–H and O–H groups in total. The second-order valence-electron chi connectivity index (χ2n) is 7.56. The lowest BCUT2D eigenvalue weighted by Crippen LogP contribution is -2.44. The number of benzene rings is 1. The largest absolute Gasteiger partial charge is 0.444 e. The van der Waals surface area contributed by atoms with Crippen LogP contribution in [-0.4, -0.2) is 44.1 Å².